The average molecular weight is 1110 g/mol. The lowest BCUT2D eigenvalue weighted by Gasteiger charge is -2.09. The van der Waals surface area contributed by atoms with Crippen LogP contribution in [0.5, 0.6) is 0 Å². The van der Waals surface area contributed by atoms with Crippen LogP contribution in [0.3, 0.4) is 0 Å². The van der Waals surface area contributed by atoms with Crippen LogP contribution in [0.1, 0.15) is 179 Å². The maximum Gasteiger partial charge on any atom is 0.338 e. The molecule has 0 unspecified atom stereocenters. The van der Waals surface area contributed by atoms with Crippen molar-refractivity contribution in [2.45, 2.75) is 64.1 Å². The zero-order valence-electron chi connectivity index (χ0n) is 51.0. The molecule has 0 fully saturated rings. The molecule has 6 aliphatic rings. The van der Waals surface area contributed by atoms with Crippen LogP contribution in [-0.4, -0.2) is 126 Å². The van der Waals surface area contributed by atoms with Crippen molar-refractivity contribution < 1.29 is 106 Å². The van der Waals surface area contributed by atoms with Gasteiger partial charge >= 0.3 is 59.7 Å². The summed E-state index contributed by atoms with van der Waals surface area (Å²) in [5, 5.41) is 0. The molecule has 11 rings (SSSR count). The van der Waals surface area contributed by atoms with Crippen LogP contribution < -0.4 is 0 Å². The van der Waals surface area contributed by atoms with Gasteiger partial charge in [0.1, 0.15) is 0 Å². The second-order valence-corrected chi connectivity index (χ2v) is 17.0. The van der Waals surface area contributed by atoms with Crippen molar-refractivity contribution in [3.63, 3.8) is 0 Å². The number of hydrogen-bond donors (Lipinski definition) is 0. The summed E-state index contributed by atoms with van der Waals surface area (Å²) in [5.41, 5.74) is -0.00284. The number of benzene rings is 5. The average Bonchev–Trinajstić information content (AvgIpc) is 0.815. The molecule has 5 aromatic rings. The minimum Gasteiger partial charge on any atom is -0.462 e. The molecule has 0 atom stereocenters. The fourth-order valence-corrected chi connectivity index (χ4v) is 6.83. The Bertz CT molecular complexity index is 3060. The molecule has 6 heterocycles. The number of ether oxygens (including phenoxy) is 10. The lowest BCUT2D eigenvalue weighted by atomic mass is 10.1. The van der Waals surface area contributed by atoms with Gasteiger partial charge in [0.05, 0.1) is 127 Å². The van der Waals surface area contributed by atoms with Crippen molar-refractivity contribution in [2.75, 3.05) is 66.0 Å². The molecule has 0 saturated carbocycles. The first-order chi connectivity index (χ1) is 41.8. The van der Waals surface area contributed by atoms with Crippen LogP contribution in [0.15, 0.2) is 121 Å². The minimum absolute atomic E-state index is 0.0122. The summed E-state index contributed by atoms with van der Waals surface area (Å²) in [7, 11) is 0. The Labute approximate surface area is 472 Å². The third-order valence-electron chi connectivity index (χ3n) is 11.3. The molecule has 6 aliphatic heterocycles. The SMILES string of the molecule is [2H]C1([2H])OC(=O)c2ccc(cc2)C(=O)OCCCCOC(=O)c2ccc(cc2)C(=O)OCCCCOC(=O)c2ccc(cc2)C(=O)OCCCCOC(=O)c2ccc(cc2)C(=O)OCCCCOC(=O)c2ccc(cc2)C(=O)OC([2H])([2H])C([2H])([2H])C1([2H])[2H]. The number of carbonyl (C=O) groups excluding carboxylic acids is 10. The first-order valence-electron chi connectivity index (χ1n) is 29.2. The van der Waals surface area contributed by atoms with Gasteiger partial charge in [-0.25, -0.2) is 47.9 Å². The molecule has 0 radical (unpaired) electrons. The number of carbonyl (C=O) groups is 10. The number of esters is 10. The van der Waals surface area contributed by atoms with Gasteiger partial charge in [-0.1, -0.05) is 0 Å². The van der Waals surface area contributed by atoms with Gasteiger partial charge < -0.3 is 47.4 Å². The van der Waals surface area contributed by atoms with Gasteiger partial charge in [0.2, 0.25) is 0 Å². The number of fused-ring (bicyclic) bond motifs is 5. The Kier molecular flexibility index (Phi) is 20.0. The summed E-state index contributed by atoms with van der Waals surface area (Å²) in [5.74, 6) is -8.72. The quantitative estimate of drug-likeness (QED) is 0.103. The Morgan fingerprint density at radius 1 is 0.200 bits per heavy atom. The van der Waals surface area contributed by atoms with Crippen LogP contribution in [0.2, 0.25) is 0 Å². The van der Waals surface area contributed by atoms with Gasteiger partial charge in [-0.3, -0.25) is 0 Å². The summed E-state index contributed by atoms with van der Waals surface area (Å²) in [6.45, 7) is -8.13. The van der Waals surface area contributed by atoms with Gasteiger partial charge in [0.25, 0.3) is 0 Å². The van der Waals surface area contributed by atoms with Gasteiger partial charge in [0.15, 0.2) is 0 Å². The van der Waals surface area contributed by atoms with Gasteiger partial charge in [-0.2, -0.15) is 0 Å². The predicted octanol–water partition coefficient (Wildman–Crippen LogP) is 8.97. The zero-order valence-corrected chi connectivity index (χ0v) is 43.0. The van der Waals surface area contributed by atoms with E-state index in [-0.39, 0.29) is 123 Å². The van der Waals surface area contributed by atoms with E-state index in [2.05, 4.69) is 0 Å². The molecule has 5 aromatic carbocycles. The molecule has 20 nitrogen and oxygen atoms in total. The van der Waals surface area contributed by atoms with E-state index in [0.717, 1.165) is 48.5 Å². The van der Waals surface area contributed by atoms with Crippen molar-refractivity contribution >= 4 is 59.7 Å². The third kappa shape index (κ3) is 20.0. The Balaban J connectivity index is 1.02. The molecule has 0 spiro atoms. The largest absolute Gasteiger partial charge is 0.462 e. The fraction of sp³-hybridized carbons (Fsp3) is 0.333. The van der Waals surface area contributed by atoms with E-state index in [1.807, 2.05) is 0 Å². The molecule has 0 aliphatic carbocycles. The first kappa shape index (κ1) is 49.1. The summed E-state index contributed by atoms with van der Waals surface area (Å²) >= 11 is 0. The Hall–Kier alpha value is -9.20. The molecule has 0 saturated heterocycles. The maximum atomic E-state index is 13.0. The molecule has 420 valence electrons. The molecular weight excluding hydrogens is 1040 g/mol. The van der Waals surface area contributed by atoms with Crippen LogP contribution in [0, 0.1) is 0 Å². The second-order valence-electron chi connectivity index (χ2n) is 17.0. The van der Waals surface area contributed by atoms with Crippen molar-refractivity contribution in [3.05, 3.63) is 177 Å². The van der Waals surface area contributed by atoms with E-state index >= 15 is 0 Å². The highest BCUT2D eigenvalue weighted by atomic mass is 16.6. The first-order valence-corrected chi connectivity index (χ1v) is 25.2. The molecule has 80 heavy (non-hydrogen) atoms. The Morgan fingerprint density at radius 2 is 0.312 bits per heavy atom. The zero-order chi connectivity index (χ0) is 64.1. The fourth-order valence-electron chi connectivity index (χ4n) is 6.83. The molecule has 10 bridgehead atoms. The summed E-state index contributed by atoms with van der Waals surface area (Å²) in [6, 6.07) is 25.2. The van der Waals surface area contributed by atoms with Crippen LogP contribution in [0.4, 0.5) is 0 Å². The van der Waals surface area contributed by atoms with Crippen molar-refractivity contribution in [2.24, 2.45) is 0 Å². The summed E-state index contributed by atoms with van der Waals surface area (Å²) < 4.78 is 118. The smallest absolute Gasteiger partial charge is 0.338 e. The molecule has 20 heteroatoms. The summed E-state index contributed by atoms with van der Waals surface area (Å²) in [4.78, 5) is 127. The molecule has 0 N–H and O–H groups in total. The van der Waals surface area contributed by atoms with E-state index in [4.69, 9.17) is 58.3 Å². The van der Waals surface area contributed by atoms with Crippen molar-refractivity contribution in [1.82, 2.24) is 0 Å². The standard InChI is InChI=1S/C60H60O20/c61-51-41-11-13-43(14-12-41)53(63)73-33-3-4-35-75-55(65)45-19-21-47(22-20-45)57(67)77-37-7-8-39-79-59(69)49-27-29-50(30-28-49)60(70)80-40-10-9-38-78-58(68)48-25-23-46(24-26-48)56(66)76-36-6-5-34-74-54(64)44-17-15-42(16-18-44)52(62)72-32-2-1-31-71-51/h11-30H,1-10,31-40H2/i1D2,2D2,31D2,32D2. The highest BCUT2D eigenvalue weighted by Gasteiger charge is 2.17. The van der Waals surface area contributed by atoms with Gasteiger partial charge in [-0.15, -0.1) is 0 Å². The minimum atomic E-state index is -4.06. The van der Waals surface area contributed by atoms with Gasteiger partial charge in [0, 0.05) is 5.48 Å². The number of hydrogen-bond acceptors (Lipinski definition) is 20. The lowest BCUT2D eigenvalue weighted by Crippen LogP contribution is -2.12. The van der Waals surface area contributed by atoms with E-state index in [1.165, 1.54) is 72.8 Å². The molecule has 0 aromatic heterocycles. The molecular formula is C60H60O20. The maximum absolute atomic E-state index is 13.0. The van der Waals surface area contributed by atoms with Crippen molar-refractivity contribution in [1.29, 1.82) is 0 Å². The normalized spacial score (nSPS) is 21.0. The second kappa shape index (κ2) is 32.5. The van der Waals surface area contributed by atoms with Gasteiger partial charge in [-0.05, 0) is 185 Å². The van der Waals surface area contributed by atoms with E-state index in [1.54, 1.807) is 0 Å². The highest BCUT2D eigenvalue weighted by molar-refractivity contribution is 5.96. The van der Waals surface area contributed by atoms with E-state index < -0.39 is 96.7 Å². The van der Waals surface area contributed by atoms with Crippen LogP contribution in [-0.2, 0) is 47.4 Å². The van der Waals surface area contributed by atoms with Crippen LogP contribution in [0.25, 0.3) is 0 Å². The monoisotopic (exact) mass is 1110 g/mol. The molecule has 0 amide bonds. The lowest BCUT2D eigenvalue weighted by molar-refractivity contribution is 0.0427. The number of rotatable bonds is 0. The van der Waals surface area contributed by atoms with Crippen molar-refractivity contribution in [3.8, 4) is 0 Å². The van der Waals surface area contributed by atoms with E-state index in [9.17, 15) is 47.9 Å². The van der Waals surface area contributed by atoms with Crippen LogP contribution >= 0.6 is 0 Å². The predicted molar refractivity (Wildman–Crippen MR) is 281 cm³/mol. The third-order valence-corrected chi connectivity index (χ3v) is 11.3. The van der Waals surface area contributed by atoms with E-state index in [0.29, 0.717) is 25.7 Å². The highest BCUT2D eigenvalue weighted by Crippen LogP contribution is 2.15. The topological polar surface area (TPSA) is 263 Å². The Morgan fingerprint density at radius 3 is 0.438 bits per heavy atom. The summed E-state index contributed by atoms with van der Waals surface area (Å²) in [6.07, 6.45) is -5.61.